The minimum Gasteiger partial charge on any atom is -0.461 e. The molecule has 1 aromatic heterocycles. The first-order valence-electron chi connectivity index (χ1n) is 4.30. The Morgan fingerprint density at radius 1 is 1.53 bits per heavy atom. The number of H-pyrrole nitrogens is 1. The molecule has 0 amide bonds. The maximum absolute atomic E-state index is 11.3. The van der Waals surface area contributed by atoms with Gasteiger partial charge in [-0.2, -0.15) is 0 Å². The van der Waals surface area contributed by atoms with Crippen molar-refractivity contribution in [1.82, 2.24) is 9.97 Å². The monoisotopic (exact) mass is 232 g/mol. The molecule has 0 fully saturated rings. The van der Waals surface area contributed by atoms with Crippen molar-refractivity contribution in [3.8, 4) is 0 Å². The summed E-state index contributed by atoms with van der Waals surface area (Å²) in [4.78, 5) is 17.5. The third kappa shape index (κ3) is 2.56. The Balaban J connectivity index is 3.13. The molecule has 0 spiro atoms. The number of hydrogen-bond acceptors (Lipinski definition) is 5. The van der Waals surface area contributed by atoms with Gasteiger partial charge in [0.15, 0.2) is 5.69 Å². The van der Waals surface area contributed by atoms with Crippen molar-refractivity contribution in [3.05, 3.63) is 11.4 Å². The predicted octanol–water partition coefficient (Wildman–Crippen LogP) is 0.298. The summed E-state index contributed by atoms with van der Waals surface area (Å²) < 4.78 is 27.0. The van der Waals surface area contributed by atoms with Crippen LogP contribution in [0.5, 0.6) is 0 Å². The van der Waals surface area contributed by atoms with Crippen LogP contribution in [0.3, 0.4) is 0 Å². The van der Waals surface area contributed by atoms with Gasteiger partial charge in [0, 0.05) is 11.9 Å². The fraction of sp³-hybridized carbons (Fsp3) is 0.500. The first-order chi connectivity index (χ1) is 6.86. The summed E-state index contributed by atoms with van der Waals surface area (Å²) >= 11 is 0. The van der Waals surface area contributed by atoms with Gasteiger partial charge in [-0.1, -0.05) is 0 Å². The Morgan fingerprint density at radius 2 is 2.13 bits per heavy atom. The number of aryl methyl sites for hydroxylation is 1. The van der Waals surface area contributed by atoms with Gasteiger partial charge in [-0.15, -0.1) is 0 Å². The average molecular weight is 232 g/mol. The summed E-state index contributed by atoms with van der Waals surface area (Å²) in [6, 6.07) is 0. The third-order valence-corrected chi connectivity index (χ3v) is 2.58. The highest BCUT2D eigenvalue weighted by Crippen LogP contribution is 2.10. The molecule has 7 heteroatoms. The number of aromatic amines is 1. The van der Waals surface area contributed by atoms with E-state index < -0.39 is 15.8 Å². The van der Waals surface area contributed by atoms with Crippen LogP contribution in [0.1, 0.15) is 23.1 Å². The summed E-state index contributed by atoms with van der Waals surface area (Å²) in [5.74, 6) is -0.624. The van der Waals surface area contributed by atoms with Crippen LogP contribution in [0.15, 0.2) is 5.16 Å². The van der Waals surface area contributed by atoms with E-state index in [0.29, 0.717) is 5.69 Å². The van der Waals surface area contributed by atoms with Gasteiger partial charge < -0.3 is 9.72 Å². The highest BCUT2D eigenvalue weighted by molar-refractivity contribution is 7.90. The predicted molar refractivity (Wildman–Crippen MR) is 52.4 cm³/mol. The van der Waals surface area contributed by atoms with E-state index in [1.165, 1.54) is 0 Å². The summed E-state index contributed by atoms with van der Waals surface area (Å²) in [5.41, 5.74) is 0.395. The molecule has 0 saturated carbocycles. The smallest absolute Gasteiger partial charge is 0.358 e. The standard InChI is InChI=1S/C8H12N2O4S/c1-4-14-7(11)6-5(2)9-8(10-6)15(3,12)13/h4H2,1-3H3,(H,9,10). The van der Waals surface area contributed by atoms with Crippen LogP contribution in [0.2, 0.25) is 0 Å². The largest absolute Gasteiger partial charge is 0.461 e. The van der Waals surface area contributed by atoms with Crippen LogP contribution in [-0.2, 0) is 14.6 Å². The van der Waals surface area contributed by atoms with Crippen molar-refractivity contribution in [2.75, 3.05) is 12.9 Å². The number of ether oxygens (including phenoxy) is 1. The van der Waals surface area contributed by atoms with Crippen molar-refractivity contribution in [1.29, 1.82) is 0 Å². The van der Waals surface area contributed by atoms with Gasteiger partial charge in [0.1, 0.15) is 0 Å². The fourth-order valence-corrected chi connectivity index (χ4v) is 1.60. The lowest BCUT2D eigenvalue weighted by atomic mass is 10.3. The van der Waals surface area contributed by atoms with Crippen molar-refractivity contribution in [2.24, 2.45) is 0 Å². The van der Waals surface area contributed by atoms with E-state index in [-0.39, 0.29) is 17.5 Å². The number of hydrogen-bond donors (Lipinski definition) is 1. The molecule has 1 heterocycles. The lowest BCUT2D eigenvalue weighted by Gasteiger charge is -1.97. The Bertz CT molecular complexity index is 475. The summed E-state index contributed by atoms with van der Waals surface area (Å²) in [7, 11) is -3.43. The number of nitrogens with zero attached hydrogens (tertiary/aromatic N) is 1. The lowest BCUT2D eigenvalue weighted by molar-refractivity contribution is 0.0519. The zero-order valence-corrected chi connectivity index (χ0v) is 9.51. The van der Waals surface area contributed by atoms with E-state index in [9.17, 15) is 13.2 Å². The number of carbonyl (C=O) groups is 1. The van der Waals surface area contributed by atoms with Gasteiger partial charge in [0.25, 0.3) is 0 Å². The highest BCUT2D eigenvalue weighted by Gasteiger charge is 2.20. The molecule has 84 valence electrons. The number of carbonyl (C=O) groups excluding carboxylic acids is 1. The number of rotatable bonds is 3. The van der Waals surface area contributed by atoms with E-state index in [4.69, 9.17) is 4.74 Å². The lowest BCUT2D eigenvalue weighted by Crippen LogP contribution is -2.07. The second-order valence-electron chi connectivity index (χ2n) is 3.01. The molecule has 6 nitrogen and oxygen atoms in total. The number of aromatic nitrogens is 2. The molecule has 0 saturated heterocycles. The van der Waals surface area contributed by atoms with Crippen LogP contribution in [0.25, 0.3) is 0 Å². The molecule has 0 aromatic carbocycles. The van der Waals surface area contributed by atoms with Crippen LogP contribution in [0, 0.1) is 6.92 Å². The van der Waals surface area contributed by atoms with Gasteiger partial charge in [0.2, 0.25) is 15.0 Å². The molecule has 1 rings (SSSR count). The fourth-order valence-electron chi connectivity index (χ4n) is 1.01. The van der Waals surface area contributed by atoms with Crippen LogP contribution >= 0.6 is 0 Å². The van der Waals surface area contributed by atoms with Gasteiger partial charge in [-0.25, -0.2) is 18.2 Å². The molecule has 1 N–H and O–H groups in total. The maximum Gasteiger partial charge on any atom is 0.358 e. The van der Waals surface area contributed by atoms with E-state index in [1.807, 2.05) is 0 Å². The zero-order chi connectivity index (χ0) is 11.6. The highest BCUT2D eigenvalue weighted by atomic mass is 32.2. The number of nitrogens with one attached hydrogen (secondary N) is 1. The van der Waals surface area contributed by atoms with Crippen LogP contribution in [-0.4, -0.2) is 37.2 Å². The van der Waals surface area contributed by atoms with E-state index in [2.05, 4.69) is 9.97 Å². The Labute approximate surface area is 87.6 Å². The number of imidazole rings is 1. The Morgan fingerprint density at radius 3 is 2.53 bits per heavy atom. The topological polar surface area (TPSA) is 89.1 Å². The molecule has 15 heavy (non-hydrogen) atoms. The van der Waals surface area contributed by atoms with Gasteiger partial charge in [-0.05, 0) is 13.8 Å². The first kappa shape index (κ1) is 11.7. The van der Waals surface area contributed by atoms with E-state index in [1.54, 1.807) is 13.8 Å². The van der Waals surface area contributed by atoms with E-state index in [0.717, 1.165) is 6.26 Å². The van der Waals surface area contributed by atoms with Crippen molar-refractivity contribution >= 4 is 15.8 Å². The minimum atomic E-state index is -3.43. The van der Waals surface area contributed by atoms with Gasteiger partial charge in [0.05, 0.1) is 6.61 Å². The molecule has 0 aliphatic carbocycles. The third-order valence-electron chi connectivity index (χ3n) is 1.68. The summed E-state index contributed by atoms with van der Waals surface area (Å²) in [5, 5.41) is -0.219. The number of esters is 1. The second-order valence-corrected chi connectivity index (χ2v) is 4.94. The Kier molecular flexibility index (Phi) is 3.13. The molecule has 1 aromatic rings. The van der Waals surface area contributed by atoms with Crippen LogP contribution < -0.4 is 0 Å². The first-order valence-corrected chi connectivity index (χ1v) is 6.19. The van der Waals surface area contributed by atoms with Gasteiger partial charge >= 0.3 is 5.97 Å². The molecular weight excluding hydrogens is 220 g/mol. The molecule has 0 atom stereocenters. The van der Waals surface area contributed by atoms with Crippen molar-refractivity contribution in [2.45, 2.75) is 19.0 Å². The van der Waals surface area contributed by atoms with Crippen LogP contribution in [0.4, 0.5) is 0 Å². The maximum atomic E-state index is 11.3. The molecule has 0 bridgehead atoms. The summed E-state index contributed by atoms with van der Waals surface area (Å²) in [6.07, 6.45) is 1.01. The molecule has 0 aliphatic rings. The molecule has 0 aliphatic heterocycles. The number of sulfone groups is 1. The average Bonchev–Trinajstić information content (AvgIpc) is 2.47. The zero-order valence-electron chi connectivity index (χ0n) is 8.70. The van der Waals surface area contributed by atoms with Crippen molar-refractivity contribution < 1.29 is 17.9 Å². The Hall–Kier alpha value is -1.37. The van der Waals surface area contributed by atoms with Gasteiger partial charge in [-0.3, -0.25) is 0 Å². The molecule has 0 unspecified atom stereocenters. The quantitative estimate of drug-likeness (QED) is 0.757. The SMILES string of the molecule is CCOC(=O)c1nc(S(C)(=O)=O)[nH]c1C. The summed E-state index contributed by atoms with van der Waals surface area (Å²) in [6.45, 7) is 3.45. The second kappa shape index (κ2) is 4.01. The molecule has 0 radical (unpaired) electrons. The normalized spacial score (nSPS) is 11.4. The molecular formula is C8H12N2O4S. The van der Waals surface area contributed by atoms with Crippen molar-refractivity contribution in [3.63, 3.8) is 0 Å². The van der Waals surface area contributed by atoms with E-state index >= 15 is 0 Å². The minimum absolute atomic E-state index is 0.0114.